The first-order valence-corrected chi connectivity index (χ1v) is 5.61. The molecule has 0 bridgehead atoms. The van der Waals surface area contributed by atoms with Gasteiger partial charge in [0.1, 0.15) is 5.82 Å². The van der Waals surface area contributed by atoms with E-state index in [0.29, 0.717) is 11.3 Å². The molecule has 0 fully saturated rings. The molecule has 0 radical (unpaired) electrons. The van der Waals surface area contributed by atoms with Gasteiger partial charge < -0.3 is 10.3 Å². The quantitative estimate of drug-likeness (QED) is 0.879. The van der Waals surface area contributed by atoms with Crippen molar-refractivity contribution >= 4 is 33.5 Å². The molecule has 0 atom stereocenters. The van der Waals surface area contributed by atoms with E-state index in [-0.39, 0.29) is 16.9 Å². The zero-order chi connectivity index (χ0) is 11.9. The number of hydrogen-bond acceptors (Lipinski definition) is 2. The smallest absolute Gasteiger partial charge is 0.201 e. The summed E-state index contributed by atoms with van der Waals surface area (Å²) in [6, 6.07) is 4.61. The lowest BCUT2D eigenvalue weighted by molar-refractivity contribution is 0.629. The van der Waals surface area contributed by atoms with E-state index in [2.05, 4.69) is 20.9 Å². The van der Waals surface area contributed by atoms with Crippen molar-refractivity contribution < 1.29 is 4.39 Å². The Balaban J connectivity index is 2.71. The molecule has 1 aromatic heterocycles. The van der Waals surface area contributed by atoms with Gasteiger partial charge in [-0.05, 0) is 18.2 Å². The molecule has 0 saturated heterocycles. The Kier molecular flexibility index (Phi) is 2.90. The van der Waals surface area contributed by atoms with Gasteiger partial charge in [0.15, 0.2) is 5.15 Å². The highest BCUT2D eigenvalue weighted by Crippen LogP contribution is 2.32. The number of halogens is 3. The minimum absolute atomic E-state index is 0.192. The highest BCUT2D eigenvalue weighted by Gasteiger charge is 2.16. The van der Waals surface area contributed by atoms with Crippen LogP contribution in [0, 0.1) is 5.82 Å². The molecule has 0 aliphatic heterocycles. The molecule has 0 spiro atoms. The minimum Gasteiger partial charge on any atom is -0.369 e. The Bertz CT molecular complexity index is 553. The van der Waals surface area contributed by atoms with Gasteiger partial charge in [0.05, 0.1) is 5.69 Å². The molecule has 0 amide bonds. The van der Waals surface area contributed by atoms with Crippen LogP contribution in [0.25, 0.3) is 11.3 Å². The molecule has 16 heavy (non-hydrogen) atoms. The Morgan fingerprint density at radius 1 is 1.50 bits per heavy atom. The van der Waals surface area contributed by atoms with E-state index in [1.54, 1.807) is 23.7 Å². The van der Waals surface area contributed by atoms with Crippen LogP contribution in [-0.2, 0) is 7.05 Å². The third-order valence-corrected chi connectivity index (χ3v) is 3.03. The molecule has 3 nitrogen and oxygen atoms in total. The zero-order valence-corrected chi connectivity index (χ0v) is 10.7. The molecule has 0 unspecified atom stereocenters. The number of nitrogen functional groups attached to an aromatic ring is 1. The van der Waals surface area contributed by atoms with E-state index >= 15 is 0 Å². The summed E-state index contributed by atoms with van der Waals surface area (Å²) in [4.78, 5) is 3.88. The fourth-order valence-corrected chi connectivity index (χ4v) is 2.13. The highest BCUT2D eigenvalue weighted by molar-refractivity contribution is 9.10. The molecule has 0 saturated carbocycles. The molecule has 1 aromatic carbocycles. The van der Waals surface area contributed by atoms with Crippen LogP contribution in [0.4, 0.5) is 10.3 Å². The second kappa shape index (κ2) is 4.07. The second-order valence-electron chi connectivity index (χ2n) is 3.29. The summed E-state index contributed by atoms with van der Waals surface area (Å²) in [6.07, 6.45) is 0. The van der Waals surface area contributed by atoms with Gasteiger partial charge >= 0.3 is 0 Å². The summed E-state index contributed by atoms with van der Waals surface area (Å²) in [7, 11) is 1.68. The van der Waals surface area contributed by atoms with Crippen LogP contribution in [-0.4, -0.2) is 9.55 Å². The predicted molar refractivity (Wildman–Crippen MR) is 65.7 cm³/mol. The fraction of sp³-hybridized carbons (Fsp3) is 0.100. The number of nitrogens with two attached hydrogens (primary N) is 1. The lowest BCUT2D eigenvalue weighted by Gasteiger charge is -2.06. The van der Waals surface area contributed by atoms with Crippen LogP contribution in [0.3, 0.4) is 0 Å². The third kappa shape index (κ3) is 1.81. The topological polar surface area (TPSA) is 43.8 Å². The maximum absolute atomic E-state index is 13.7. The molecule has 84 valence electrons. The van der Waals surface area contributed by atoms with E-state index in [1.165, 1.54) is 6.07 Å². The summed E-state index contributed by atoms with van der Waals surface area (Å²) >= 11 is 9.19. The van der Waals surface area contributed by atoms with Gasteiger partial charge in [0, 0.05) is 17.1 Å². The first-order chi connectivity index (χ1) is 7.50. The van der Waals surface area contributed by atoms with Crippen molar-refractivity contribution in [1.82, 2.24) is 9.55 Å². The predicted octanol–water partition coefficient (Wildman–Crippen LogP) is 3.22. The SMILES string of the molecule is Cn1c(N)nc(Cl)c1-c1cc(Br)ccc1F. The number of aromatic nitrogens is 2. The number of nitrogens with zero attached hydrogens (tertiary/aromatic N) is 2. The Morgan fingerprint density at radius 3 is 2.75 bits per heavy atom. The molecule has 6 heteroatoms. The molecule has 0 aliphatic rings. The van der Waals surface area contributed by atoms with Crippen LogP contribution < -0.4 is 5.73 Å². The van der Waals surface area contributed by atoms with Crippen molar-refractivity contribution in [2.45, 2.75) is 0 Å². The lowest BCUT2D eigenvalue weighted by atomic mass is 10.1. The monoisotopic (exact) mass is 303 g/mol. The number of imidazole rings is 1. The summed E-state index contributed by atoms with van der Waals surface area (Å²) in [5.74, 6) is -0.118. The van der Waals surface area contributed by atoms with Gasteiger partial charge in [-0.2, -0.15) is 0 Å². The number of anilines is 1. The molecule has 2 N–H and O–H groups in total. The van der Waals surface area contributed by atoms with Crippen molar-refractivity contribution in [3.8, 4) is 11.3 Å². The third-order valence-electron chi connectivity index (χ3n) is 2.27. The number of benzene rings is 1. The largest absolute Gasteiger partial charge is 0.369 e. The summed E-state index contributed by atoms with van der Waals surface area (Å²) < 4.78 is 16.0. The zero-order valence-electron chi connectivity index (χ0n) is 8.34. The van der Waals surface area contributed by atoms with E-state index in [1.807, 2.05) is 0 Å². The first-order valence-electron chi connectivity index (χ1n) is 4.44. The van der Waals surface area contributed by atoms with E-state index in [0.717, 1.165) is 4.47 Å². The van der Waals surface area contributed by atoms with Gasteiger partial charge in [0.2, 0.25) is 5.95 Å². The normalized spacial score (nSPS) is 10.8. The molecular weight excluding hydrogens is 296 g/mol. The highest BCUT2D eigenvalue weighted by atomic mass is 79.9. The van der Waals surface area contributed by atoms with Crippen LogP contribution in [0.5, 0.6) is 0 Å². The average molecular weight is 305 g/mol. The van der Waals surface area contributed by atoms with Crippen molar-refractivity contribution in [1.29, 1.82) is 0 Å². The molecule has 2 rings (SSSR count). The maximum Gasteiger partial charge on any atom is 0.201 e. The number of rotatable bonds is 1. The molecule has 0 aliphatic carbocycles. The van der Waals surface area contributed by atoms with Crippen LogP contribution in [0.2, 0.25) is 5.15 Å². The minimum atomic E-state index is -0.367. The Morgan fingerprint density at radius 2 is 2.19 bits per heavy atom. The number of hydrogen-bond donors (Lipinski definition) is 1. The van der Waals surface area contributed by atoms with Crippen LogP contribution >= 0.6 is 27.5 Å². The Labute approximate surface area is 105 Å². The Hall–Kier alpha value is -1.07. The second-order valence-corrected chi connectivity index (χ2v) is 4.57. The van der Waals surface area contributed by atoms with Crippen LogP contribution in [0.1, 0.15) is 0 Å². The summed E-state index contributed by atoms with van der Waals surface area (Å²) in [5.41, 5.74) is 6.44. The van der Waals surface area contributed by atoms with E-state index < -0.39 is 0 Å². The lowest BCUT2D eigenvalue weighted by Crippen LogP contribution is -1.99. The molecule has 1 heterocycles. The average Bonchev–Trinajstić information content (AvgIpc) is 2.46. The maximum atomic E-state index is 13.7. The summed E-state index contributed by atoms with van der Waals surface area (Å²) in [6.45, 7) is 0. The van der Waals surface area contributed by atoms with Crippen molar-refractivity contribution in [3.63, 3.8) is 0 Å². The van der Waals surface area contributed by atoms with Gasteiger partial charge in [-0.3, -0.25) is 0 Å². The van der Waals surface area contributed by atoms with Gasteiger partial charge in [-0.25, -0.2) is 9.37 Å². The van der Waals surface area contributed by atoms with Gasteiger partial charge in [-0.1, -0.05) is 27.5 Å². The molecule has 2 aromatic rings. The summed E-state index contributed by atoms with van der Waals surface area (Å²) in [5, 5.41) is 0.192. The molecular formula is C10H8BrClFN3. The van der Waals surface area contributed by atoms with E-state index in [9.17, 15) is 4.39 Å². The van der Waals surface area contributed by atoms with Crippen molar-refractivity contribution in [2.75, 3.05) is 5.73 Å². The van der Waals surface area contributed by atoms with Crippen molar-refractivity contribution in [2.24, 2.45) is 7.05 Å². The van der Waals surface area contributed by atoms with Crippen LogP contribution in [0.15, 0.2) is 22.7 Å². The standard InChI is InChI=1S/C10H8BrClFN3/c1-16-8(9(12)15-10(16)14)6-4-5(11)2-3-7(6)13/h2-4H,1H3,(H2,14,15). The van der Waals surface area contributed by atoms with E-state index in [4.69, 9.17) is 17.3 Å². The first kappa shape index (κ1) is 11.4. The van der Waals surface area contributed by atoms with Gasteiger partial charge in [-0.15, -0.1) is 0 Å². The fourth-order valence-electron chi connectivity index (χ4n) is 1.45. The van der Waals surface area contributed by atoms with Crippen molar-refractivity contribution in [3.05, 3.63) is 33.6 Å². The van der Waals surface area contributed by atoms with Gasteiger partial charge in [0.25, 0.3) is 0 Å².